The summed E-state index contributed by atoms with van der Waals surface area (Å²) in [5, 5.41) is 6.11. The molecule has 3 aromatic rings. The molecule has 1 aliphatic rings. The summed E-state index contributed by atoms with van der Waals surface area (Å²) in [5.74, 6) is 0.664. The van der Waals surface area contributed by atoms with Gasteiger partial charge in [0.25, 0.3) is 0 Å². The molecule has 1 N–H and O–H groups in total. The van der Waals surface area contributed by atoms with Gasteiger partial charge in [0.05, 0.1) is 0 Å². The third-order valence-corrected chi connectivity index (χ3v) is 5.89. The number of hydrogen-bond acceptors (Lipinski definition) is 3. The Morgan fingerprint density at radius 3 is 2.72 bits per heavy atom. The second kappa shape index (κ2) is 9.38. The van der Waals surface area contributed by atoms with Crippen LogP contribution in [0.5, 0.6) is 5.75 Å². The van der Waals surface area contributed by atoms with Crippen molar-refractivity contribution in [2.24, 2.45) is 0 Å². The molecule has 0 aliphatic carbocycles. The van der Waals surface area contributed by atoms with Gasteiger partial charge in [-0.3, -0.25) is 4.90 Å². The van der Waals surface area contributed by atoms with Gasteiger partial charge in [-0.25, -0.2) is 4.39 Å². The van der Waals surface area contributed by atoms with Crippen LogP contribution in [0.3, 0.4) is 0 Å². The molecule has 0 aromatic heterocycles. The van der Waals surface area contributed by atoms with E-state index in [1.165, 1.54) is 47.9 Å². The Kier molecular flexibility index (Phi) is 6.43. The van der Waals surface area contributed by atoms with Gasteiger partial charge in [-0.2, -0.15) is 0 Å². The Balaban J connectivity index is 1.50. The summed E-state index contributed by atoms with van der Waals surface area (Å²) in [6.07, 6.45) is 2.56. The first-order valence-corrected chi connectivity index (χ1v) is 10.6. The number of likely N-dealkylation sites (tertiary alicyclic amines) is 1. The number of hydrogen-bond donors (Lipinski definition) is 1. The fourth-order valence-corrected chi connectivity index (χ4v) is 4.28. The molecular weight excluding hydrogens is 363 g/mol. The molecule has 0 saturated carbocycles. The van der Waals surface area contributed by atoms with Gasteiger partial charge in [0.1, 0.15) is 18.2 Å². The number of ether oxygens (including phenoxy) is 1. The van der Waals surface area contributed by atoms with E-state index in [1.807, 2.05) is 0 Å². The molecule has 3 nitrogen and oxygen atoms in total. The molecule has 4 heteroatoms. The Morgan fingerprint density at radius 2 is 1.90 bits per heavy atom. The summed E-state index contributed by atoms with van der Waals surface area (Å²) in [4.78, 5) is 2.56. The Morgan fingerprint density at radius 1 is 1.07 bits per heavy atom. The summed E-state index contributed by atoms with van der Waals surface area (Å²) in [5.41, 5.74) is 2.15. The molecule has 29 heavy (non-hydrogen) atoms. The minimum absolute atomic E-state index is 0.225. The largest absolute Gasteiger partial charge is 0.489 e. The lowest BCUT2D eigenvalue weighted by atomic mass is 10.0. The lowest BCUT2D eigenvalue weighted by molar-refractivity contribution is 0.259. The number of nitrogens with zero attached hydrogens (tertiary/aromatic N) is 1. The van der Waals surface area contributed by atoms with Crippen LogP contribution in [0.15, 0.2) is 60.7 Å². The average Bonchev–Trinajstić information content (AvgIpc) is 3.21. The highest BCUT2D eigenvalue weighted by molar-refractivity contribution is 5.87. The van der Waals surface area contributed by atoms with Crippen LogP contribution in [-0.4, -0.2) is 30.6 Å². The fourth-order valence-electron chi connectivity index (χ4n) is 4.28. The van der Waals surface area contributed by atoms with Crippen molar-refractivity contribution in [3.8, 4) is 5.75 Å². The lowest BCUT2D eigenvalue weighted by Gasteiger charge is -2.23. The molecule has 1 atom stereocenters. The zero-order valence-electron chi connectivity index (χ0n) is 17.0. The third-order valence-electron chi connectivity index (χ3n) is 5.89. The van der Waals surface area contributed by atoms with Crippen molar-refractivity contribution in [1.29, 1.82) is 0 Å². The van der Waals surface area contributed by atoms with Crippen molar-refractivity contribution in [3.63, 3.8) is 0 Å². The topological polar surface area (TPSA) is 24.5 Å². The van der Waals surface area contributed by atoms with Crippen molar-refractivity contribution in [1.82, 2.24) is 10.2 Å². The van der Waals surface area contributed by atoms with Crippen molar-refractivity contribution in [2.75, 3.05) is 19.6 Å². The van der Waals surface area contributed by atoms with Gasteiger partial charge in [-0.05, 0) is 60.5 Å². The maximum atomic E-state index is 13.2. The highest BCUT2D eigenvalue weighted by Crippen LogP contribution is 2.29. The van der Waals surface area contributed by atoms with Gasteiger partial charge in [0.2, 0.25) is 0 Å². The molecule has 1 fully saturated rings. The van der Waals surface area contributed by atoms with Gasteiger partial charge in [0.15, 0.2) is 0 Å². The standard InChI is InChI=1S/C25H29FN2O/c1-2-28-15-5-7-22(28)16-27-17-24-23-8-4-3-6-20(23)11-14-25(24)29-18-19-9-12-21(26)13-10-19/h3-4,6,8-14,22,27H,2,5,7,15-18H2,1H3. The predicted molar refractivity (Wildman–Crippen MR) is 117 cm³/mol. The highest BCUT2D eigenvalue weighted by atomic mass is 19.1. The van der Waals surface area contributed by atoms with Gasteiger partial charge in [-0.1, -0.05) is 49.4 Å². The third kappa shape index (κ3) is 4.77. The Hall–Kier alpha value is -2.43. The molecule has 1 unspecified atom stereocenters. The molecule has 4 rings (SSSR count). The van der Waals surface area contributed by atoms with Gasteiger partial charge in [-0.15, -0.1) is 0 Å². The van der Waals surface area contributed by atoms with Crippen molar-refractivity contribution in [2.45, 2.75) is 39.0 Å². The zero-order chi connectivity index (χ0) is 20.1. The maximum Gasteiger partial charge on any atom is 0.124 e. The lowest BCUT2D eigenvalue weighted by Crippen LogP contribution is -2.37. The second-order valence-electron chi connectivity index (χ2n) is 7.73. The van der Waals surface area contributed by atoms with Crippen molar-refractivity contribution in [3.05, 3.63) is 77.6 Å². The van der Waals surface area contributed by atoms with Gasteiger partial charge >= 0.3 is 0 Å². The molecule has 3 aromatic carbocycles. The van der Waals surface area contributed by atoms with Crippen LogP contribution in [-0.2, 0) is 13.2 Å². The summed E-state index contributed by atoms with van der Waals surface area (Å²) in [6, 6.07) is 19.7. The molecule has 0 spiro atoms. The van der Waals surface area contributed by atoms with E-state index in [9.17, 15) is 4.39 Å². The van der Waals surface area contributed by atoms with Crippen molar-refractivity contribution >= 4 is 10.8 Å². The quantitative estimate of drug-likeness (QED) is 0.575. The van der Waals surface area contributed by atoms with E-state index in [0.29, 0.717) is 12.6 Å². The number of rotatable bonds is 8. The normalized spacial score (nSPS) is 17.1. The zero-order valence-corrected chi connectivity index (χ0v) is 17.0. The number of nitrogens with one attached hydrogen (secondary N) is 1. The van der Waals surface area contributed by atoms with Crippen LogP contribution in [0.1, 0.15) is 30.9 Å². The van der Waals surface area contributed by atoms with Crippen LogP contribution >= 0.6 is 0 Å². The molecule has 0 bridgehead atoms. The van der Waals surface area contributed by atoms with Crippen LogP contribution < -0.4 is 10.1 Å². The Labute approximate surface area is 172 Å². The van der Waals surface area contributed by atoms with Crippen molar-refractivity contribution < 1.29 is 9.13 Å². The fraction of sp³-hybridized carbons (Fsp3) is 0.360. The van der Waals surface area contributed by atoms with Crippen LogP contribution in [0.25, 0.3) is 10.8 Å². The van der Waals surface area contributed by atoms with E-state index >= 15 is 0 Å². The summed E-state index contributed by atoms with van der Waals surface area (Å²) in [7, 11) is 0. The predicted octanol–water partition coefficient (Wildman–Crippen LogP) is 5.13. The first kappa shape index (κ1) is 19.9. The van der Waals surface area contributed by atoms with Crippen LogP contribution in [0, 0.1) is 5.82 Å². The first-order chi connectivity index (χ1) is 14.2. The van der Waals surface area contributed by atoms with E-state index in [4.69, 9.17) is 4.74 Å². The van der Waals surface area contributed by atoms with Crippen LogP contribution in [0.4, 0.5) is 4.39 Å². The van der Waals surface area contributed by atoms with E-state index < -0.39 is 0 Å². The second-order valence-corrected chi connectivity index (χ2v) is 7.73. The minimum Gasteiger partial charge on any atom is -0.489 e. The van der Waals surface area contributed by atoms with Gasteiger partial charge in [0, 0.05) is 24.7 Å². The number of likely N-dealkylation sites (N-methyl/N-ethyl adjacent to an activating group) is 1. The monoisotopic (exact) mass is 392 g/mol. The summed E-state index contributed by atoms with van der Waals surface area (Å²) >= 11 is 0. The summed E-state index contributed by atoms with van der Waals surface area (Å²) < 4.78 is 19.3. The van der Waals surface area contributed by atoms with E-state index in [2.05, 4.69) is 53.5 Å². The van der Waals surface area contributed by atoms with Crippen LogP contribution in [0.2, 0.25) is 0 Å². The van der Waals surface area contributed by atoms with E-state index in [0.717, 1.165) is 30.9 Å². The smallest absolute Gasteiger partial charge is 0.124 e. The SMILES string of the molecule is CCN1CCCC1CNCc1c(OCc2ccc(F)cc2)ccc2ccccc12. The molecule has 1 saturated heterocycles. The number of benzene rings is 3. The van der Waals surface area contributed by atoms with Gasteiger partial charge < -0.3 is 10.1 Å². The van der Waals surface area contributed by atoms with E-state index in [-0.39, 0.29) is 5.82 Å². The molecule has 1 heterocycles. The molecular formula is C25H29FN2O. The average molecular weight is 393 g/mol. The number of fused-ring (bicyclic) bond motifs is 1. The number of halogens is 1. The summed E-state index contributed by atoms with van der Waals surface area (Å²) in [6.45, 7) is 6.76. The molecule has 152 valence electrons. The Bertz CT molecular complexity index is 941. The maximum absolute atomic E-state index is 13.2. The minimum atomic E-state index is -0.225. The molecule has 1 aliphatic heterocycles. The molecule has 0 radical (unpaired) electrons. The van der Waals surface area contributed by atoms with E-state index in [1.54, 1.807) is 12.1 Å². The molecule has 0 amide bonds. The first-order valence-electron chi connectivity index (χ1n) is 10.6. The highest BCUT2D eigenvalue weighted by Gasteiger charge is 2.22.